The predicted molar refractivity (Wildman–Crippen MR) is 69.7 cm³/mol. The summed E-state index contributed by atoms with van der Waals surface area (Å²) in [7, 11) is 2.26. The summed E-state index contributed by atoms with van der Waals surface area (Å²) >= 11 is 0. The maximum atomic E-state index is 6.22. The number of benzene rings is 1. The third-order valence-electron chi connectivity index (χ3n) is 4.96. The van der Waals surface area contributed by atoms with Crippen molar-refractivity contribution in [1.82, 2.24) is 4.90 Å². The van der Waals surface area contributed by atoms with E-state index in [2.05, 4.69) is 42.3 Å². The number of likely N-dealkylation sites (N-methyl/N-ethyl adjacent to an activating group) is 1. The van der Waals surface area contributed by atoms with Gasteiger partial charge in [0.1, 0.15) is 0 Å². The van der Waals surface area contributed by atoms with E-state index in [0.29, 0.717) is 17.9 Å². The maximum absolute atomic E-state index is 6.22. The van der Waals surface area contributed by atoms with Gasteiger partial charge in [-0.15, -0.1) is 0 Å². The van der Waals surface area contributed by atoms with E-state index in [-0.39, 0.29) is 0 Å². The molecular formula is C15H18N2. The van der Waals surface area contributed by atoms with Gasteiger partial charge in [-0.1, -0.05) is 24.3 Å². The fourth-order valence-electron chi connectivity index (χ4n) is 4.36. The largest absolute Gasteiger partial charge is 0.398 e. The number of nitrogens with zero attached hydrogens (tertiary/aromatic N) is 1. The minimum atomic E-state index is 0.558. The van der Waals surface area contributed by atoms with Gasteiger partial charge in [0, 0.05) is 30.1 Å². The molecule has 5 rings (SSSR count). The first-order valence-corrected chi connectivity index (χ1v) is 6.52. The van der Waals surface area contributed by atoms with E-state index in [1.807, 2.05) is 0 Å². The summed E-state index contributed by atoms with van der Waals surface area (Å²) in [5.74, 6) is 2.16. The van der Waals surface area contributed by atoms with Crippen molar-refractivity contribution in [1.29, 1.82) is 0 Å². The zero-order valence-electron chi connectivity index (χ0n) is 10.1. The van der Waals surface area contributed by atoms with Crippen molar-refractivity contribution >= 4 is 5.69 Å². The van der Waals surface area contributed by atoms with Gasteiger partial charge in [-0.05, 0) is 36.6 Å². The van der Waals surface area contributed by atoms with Gasteiger partial charge < -0.3 is 5.73 Å². The maximum Gasteiger partial charge on any atom is 0.0414 e. The Labute approximate surface area is 102 Å². The molecule has 2 nitrogen and oxygen atoms in total. The summed E-state index contributed by atoms with van der Waals surface area (Å²) in [5, 5.41) is 0. The third-order valence-corrected chi connectivity index (χ3v) is 4.96. The summed E-state index contributed by atoms with van der Waals surface area (Å²) in [6.07, 6.45) is 6.05. The molecule has 1 aromatic rings. The normalized spacial score (nSPS) is 38.2. The van der Waals surface area contributed by atoms with Crippen LogP contribution in [0, 0.1) is 11.8 Å². The van der Waals surface area contributed by atoms with E-state index in [4.69, 9.17) is 5.73 Å². The van der Waals surface area contributed by atoms with E-state index >= 15 is 0 Å². The van der Waals surface area contributed by atoms with Gasteiger partial charge in [-0.25, -0.2) is 0 Å². The van der Waals surface area contributed by atoms with E-state index in [1.165, 1.54) is 24.1 Å². The Morgan fingerprint density at radius 1 is 1.35 bits per heavy atom. The summed E-state index contributed by atoms with van der Waals surface area (Å²) in [6.45, 7) is 1.18. The van der Waals surface area contributed by atoms with Crippen LogP contribution in [0.2, 0.25) is 0 Å². The van der Waals surface area contributed by atoms with Crippen molar-refractivity contribution in [3.8, 4) is 0 Å². The van der Waals surface area contributed by atoms with Crippen LogP contribution in [-0.2, 0) is 0 Å². The number of rotatable bonds is 0. The lowest BCUT2D eigenvalue weighted by Gasteiger charge is -2.52. The molecule has 2 heteroatoms. The van der Waals surface area contributed by atoms with Crippen LogP contribution >= 0.6 is 0 Å². The molecule has 1 fully saturated rings. The highest BCUT2D eigenvalue weighted by atomic mass is 15.2. The van der Waals surface area contributed by atoms with Crippen LogP contribution in [0.3, 0.4) is 0 Å². The predicted octanol–water partition coefficient (Wildman–Crippen LogP) is 2.54. The first kappa shape index (κ1) is 9.72. The average molecular weight is 226 g/mol. The molecule has 4 unspecified atom stereocenters. The topological polar surface area (TPSA) is 29.3 Å². The Morgan fingerprint density at radius 2 is 2.24 bits per heavy atom. The second kappa shape index (κ2) is 3.14. The molecule has 17 heavy (non-hydrogen) atoms. The lowest BCUT2D eigenvalue weighted by Crippen LogP contribution is -2.48. The Morgan fingerprint density at radius 3 is 3.12 bits per heavy atom. The molecule has 0 radical (unpaired) electrons. The summed E-state index contributed by atoms with van der Waals surface area (Å²) in [5.41, 5.74) is 10.2. The van der Waals surface area contributed by atoms with Crippen LogP contribution in [0.15, 0.2) is 30.4 Å². The van der Waals surface area contributed by atoms with Crippen molar-refractivity contribution < 1.29 is 0 Å². The number of nitrogens with two attached hydrogens (primary N) is 1. The number of fused-ring (bicyclic) bond motifs is 1. The molecule has 1 saturated heterocycles. The van der Waals surface area contributed by atoms with Gasteiger partial charge in [-0.3, -0.25) is 4.90 Å². The summed E-state index contributed by atoms with van der Waals surface area (Å²) in [4.78, 5) is 2.52. The molecule has 0 amide bonds. The first-order valence-electron chi connectivity index (χ1n) is 6.52. The van der Waals surface area contributed by atoms with Crippen molar-refractivity contribution in [3.63, 3.8) is 0 Å². The Balaban J connectivity index is 1.96. The van der Waals surface area contributed by atoms with Crippen LogP contribution in [-0.4, -0.2) is 18.5 Å². The second-order valence-corrected chi connectivity index (χ2v) is 5.75. The quantitative estimate of drug-likeness (QED) is 0.544. The molecule has 2 N–H and O–H groups in total. The summed E-state index contributed by atoms with van der Waals surface area (Å²) in [6, 6.07) is 7.01. The minimum absolute atomic E-state index is 0.558. The fourth-order valence-corrected chi connectivity index (χ4v) is 4.36. The van der Waals surface area contributed by atoms with Crippen molar-refractivity contribution in [2.24, 2.45) is 11.8 Å². The number of allylic oxidation sites excluding steroid dienone is 1. The Hall–Kier alpha value is -1.28. The van der Waals surface area contributed by atoms with Crippen LogP contribution in [0.1, 0.15) is 29.5 Å². The van der Waals surface area contributed by atoms with Gasteiger partial charge in [0.25, 0.3) is 0 Å². The smallest absolute Gasteiger partial charge is 0.0414 e. The number of hydrogen-bond acceptors (Lipinski definition) is 2. The lowest BCUT2D eigenvalue weighted by atomic mass is 9.63. The molecule has 4 aliphatic rings. The Bertz CT molecular complexity index is 506. The van der Waals surface area contributed by atoms with Gasteiger partial charge in [0.05, 0.1) is 0 Å². The van der Waals surface area contributed by atoms with Crippen molar-refractivity contribution in [2.45, 2.75) is 18.4 Å². The fraction of sp³-hybridized carbons (Fsp3) is 0.467. The molecule has 2 aliphatic carbocycles. The van der Waals surface area contributed by atoms with Crippen LogP contribution < -0.4 is 5.73 Å². The van der Waals surface area contributed by atoms with Gasteiger partial charge >= 0.3 is 0 Å². The molecule has 2 bridgehead atoms. The van der Waals surface area contributed by atoms with Gasteiger partial charge in [0.2, 0.25) is 0 Å². The summed E-state index contributed by atoms with van der Waals surface area (Å²) < 4.78 is 0. The highest BCUT2D eigenvalue weighted by Gasteiger charge is 2.49. The zero-order chi connectivity index (χ0) is 11.6. The zero-order valence-corrected chi connectivity index (χ0v) is 10.1. The number of nitrogen functional groups attached to an aromatic ring is 1. The minimum Gasteiger partial charge on any atom is -0.398 e. The molecule has 0 saturated carbocycles. The second-order valence-electron chi connectivity index (χ2n) is 5.75. The molecule has 1 aromatic carbocycles. The van der Waals surface area contributed by atoms with Crippen LogP contribution in [0.25, 0.3) is 0 Å². The van der Waals surface area contributed by atoms with Crippen molar-refractivity contribution in [2.75, 3.05) is 19.3 Å². The Kier molecular flexibility index (Phi) is 1.79. The monoisotopic (exact) mass is 226 g/mol. The molecule has 88 valence electrons. The molecular weight excluding hydrogens is 208 g/mol. The standard InChI is InChI=1S/C15H18N2/c1-17-8-12-9-4-2-5-10(9)15(17)11-6-3-7-13(16)14(11)12/h2-3,5-7,9-10,12,15H,4,8,16H2,1H3. The van der Waals surface area contributed by atoms with E-state index in [0.717, 1.165) is 11.6 Å². The number of piperidine rings is 1. The van der Waals surface area contributed by atoms with E-state index in [9.17, 15) is 0 Å². The molecule has 2 heterocycles. The third kappa shape index (κ3) is 1.09. The van der Waals surface area contributed by atoms with Crippen LogP contribution in [0.4, 0.5) is 5.69 Å². The SMILES string of the molecule is CN1CC2c3c(N)cccc3C1C1C=CCC21. The highest BCUT2D eigenvalue weighted by Crippen LogP contribution is 2.57. The lowest BCUT2D eigenvalue weighted by molar-refractivity contribution is 0.0623. The van der Waals surface area contributed by atoms with E-state index in [1.54, 1.807) is 0 Å². The number of anilines is 1. The van der Waals surface area contributed by atoms with Crippen LogP contribution in [0.5, 0.6) is 0 Å². The number of hydrogen-bond donors (Lipinski definition) is 1. The average Bonchev–Trinajstić information content (AvgIpc) is 2.78. The molecule has 0 aromatic heterocycles. The molecule has 0 spiro atoms. The first-order chi connectivity index (χ1) is 8.27. The molecule has 4 atom stereocenters. The van der Waals surface area contributed by atoms with Gasteiger partial charge in [-0.2, -0.15) is 0 Å². The highest BCUT2D eigenvalue weighted by molar-refractivity contribution is 5.57. The van der Waals surface area contributed by atoms with Crippen molar-refractivity contribution in [3.05, 3.63) is 41.5 Å². The van der Waals surface area contributed by atoms with E-state index < -0.39 is 0 Å². The van der Waals surface area contributed by atoms with Gasteiger partial charge in [0.15, 0.2) is 0 Å². The molecule has 2 aliphatic heterocycles.